The zero-order valence-electron chi connectivity index (χ0n) is 8.46. The van der Waals surface area contributed by atoms with Gasteiger partial charge < -0.3 is 5.11 Å². The Hall–Kier alpha value is -0.740. The van der Waals surface area contributed by atoms with Gasteiger partial charge in [-0.25, -0.2) is 0 Å². The van der Waals surface area contributed by atoms with Gasteiger partial charge in [-0.2, -0.15) is 0 Å². The first-order valence-electron chi connectivity index (χ1n) is 4.92. The highest BCUT2D eigenvalue weighted by Crippen LogP contribution is 2.31. The maximum atomic E-state index is 9.94. The van der Waals surface area contributed by atoms with Crippen LogP contribution in [0.2, 0.25) is 0 Å². The van der Waals surface area contributed by atoms with Crippen molar-refractivity contribution in [1.82, 2.24) is 0 Å². The average Bonchev–Trinajstić information content (AvgIpc) is 2.05. The Kier molecular flexibility index (Phi) is 3.17. The molecule has 0 radical (unpaired) electrons. The van der Waals surface area contributed by atoms with Gasteiger partial charge in [-0.1, -0.05) is 26.0 Å². The van der Waals surface area contributed by atoms with Crippen molar-refractivity contribution in [2.24, 2.45) is 11.8 Å². The highest BCUT2D eigenvalue weighted by molar-refractivity contribution is 5.12. The molecule has 1 N–H and O–H groups in total. The number of hydrogen-bond acceptors (Lipinski definition) is 1. The highest BCUT2D eigenvalue weighted by atomic mass is 16.3. The van der Waals surface area contributed by atoms with Crippen molar-refractivity contribution in [3.8, 4) is 12.3 Å². The van der Waals surface area contributed by atoms with E-state index in [-0.39, 0.29) is 0 Å². The average molecular weight is 178 g/mol. The molecule has 2 atom stereocenters. The lowest BCUT2D eigenvalue weighted by atomic mass is 9.79. The molecule has 1 heteroatoms. The van der Waals surface area contributed by atoms with E-state index in [0.717, 1.165) is 12.8 Å². The Morgan fingerprint density at radius 1 is 1.69 bits per heavy atom. The van der Waals surface area contributed by atoms with Crippen molar-refractivity contribution in [3.63, 3.8) is 0 Å². The van der Waals surface area contributed by atoms with E-state index < -0.39 is 5.60 Å². The lowest BCUT2D eigenvalue weighted by molar-refractivity contribution is 0.0706. The number of rotatable bonds is 2. The summed E-state index contributed by atoms with van der Waals surface area (Å²) in [6, 6.07) is 0. The Balaban J connectivity index is 2.61. The largest absolute Gasteiger partial charge is 0.385 e. The second kappa shape index (κ2) is 3.98. The van der Waals surface area contributed by atoms with Crippen LogP contribution in [0.15, 0.2) is 12.2 Å². The van der Waals surface area contributed by atoms with Gasteiger partial charge in [0.2, 0.25) is 0 Å². The second-order valence-electron chi connectivity index (χ2n) is 4.29. The van der Waals surface area contributed by atoms with Crippen molar-refractivity contribution >= 4 is 0 Å². The summed E-state index contributed by atoms with van der Waals surface area (Å²) < 4.78 is 0. The first kappa shape index (κ1) is 10.3. The van der Waals surface area contributed by atoms with Gasteiger partial charge in [0.05, 0.1) is 5.60 Å². The second-order valence-corrected chi connectivity index (χ2v) is 4.29. The number of hydrogen-bond donors (Lipinski definition) is 1. The van der Waals surface area contributed by atoms with E-state index in [1.54, 1.807) is 0 Å². The molecule has 0 aliphatic heterocycles. The molecule has 0 amide bonds. The first-order chi connectivity index (χ1) is 6.07. The lowest BCUT2D eigenvalue weighted by Crippen LogP contribution is -2.30. The molecule has 1 aliphatic rings. The monoisotopic (exact) mass is 178 g/mol. The van der Waals surface area contributed by atoms with Gasteiger partial charge in [0.15, 0.2) is 0 Å². The molecule has 2 unspecified atom stereocenters. The Bertz CT molecular complexity index is 234. The maximum absolute atomic E-state index is 9.94. The van der Waals surface area contributed by atoms with Crippen LogP contribution >= 0.6 is 0 Å². The van der Waals surface area contributed by atoms with E-state index in [1.807, 2.05) is 6.08 Å². The van der Waals surface area contributed by atoms with Crippen molar-refractivity contribution < 1.29 is 5.11 Å². The van der Waals surface area contributed by atoms with Crippen molar-refractivity contribution in [3.05, 3.63) is 12.2 Å². The summed E-state index contributed by atoms with van der Waals surface area (Å²) in [5.74, 6) is 3.79. The van der Waals surface area contributed by atoms with Crippen LogP contribution in [0.3, 0.4) is 0 Å². The van der Waals surface area contributed by atoms with E-state index in [1.165, 1.54) is 0 Å². The molecule has 0 bridgehead atoms. The molecule has 0 saturated heterocycles. The van der Waals surface area contributed by atoms with Crippen LogP contribution in [0.4, 0.5) is 0 Å². The van der Waals surface area contributed by atoms with Crippen molar-refractivity contribution in [2.75, 3.05) is 0 Å². The van der Waals surface area contributed by atoms with Crippen LogP contribution in [0, 0.1) is 24.2 Å². The number of aliphatic hydroxyl groups is 1. The topological polar surface area (TPSA) is 20.2 Å². The third kappa shape index (κ3) is 2.60. The molecule has 1 nitrogen and oxygen atoms in total. The van der Waals surface area contributed by atoms with E-state index in [0.29, 0.717) is 18.3 Å². The van der Waals surface area contributed by atoms with Gasteiger partial charge in [0.25, 0.3) is 0 Å². The fourth-order valence-electron chi connectivity index (χ4n) is 1.78. The molecule has 0 heterocycles. The van der Waals surface area contributed by atoms with Crippen molar-refractivity contribution in [1.29, 1.82) is 0 Å². The van der Waals surface area contributed by atoms with Gasteiger partial charge in [-0.15, -0.1) is 12.3 Å². The molecule has 0 aromatic heterocycles. The first-order valence-corrected chi connectivity index (χ1v) is 4.92. The predicted octanol–water partition coefficient (Wildman–Crippen LogP) is 2.36. The van der Waals surface area contributed by atoms with E-state index in [9.17, 15) is 5.11 Å². The molecule has 72 valence electrons. The van der Waals surface area contributed by atoms with Crippen LogP contribution in [0.5, 0.6) is 0 Å². The Morgan fingerprint density at radius 2 is 2.38 bits per heavy atom. The summed E-state index contributed by atoms with van der Waals surface area (Å²) in [4.78, 5) is 0. The van der Waals surface area contributed by atoms with E-state index in [2.05, 4.69) is 25.8 Å². The summed E-state index contributed by atoms with van der Waals surface area (Å²) in [6.07, 6.45) is 11.5. The maximum Gasteiger partial charge on any atom is 0.0936 e. The van der Waals surface area contributed by atoms with Crippen LogP contribution in [0.25, 0.3) is 0 Å². The molecule has 0 fully saturated rings. The smallest absolute Gasteiger partial charge is 0.0936 e. The van der Waals surface area contributed by atoms with E-state index in [4.69, 9.17) is 6.42 Å². The molecule has 0 saturated carbocycles. The summed E-state index contributed by atoms with van der Waals surface area (Å²) in [5.41, 5.74) is -0.722. The Morgan fingerprint density at radius 3 is 2.77 bits per heavy atom. The zero-order chi connectivity index (χ0) is 9.90. The van der Waals surface area contributed by atoms with Gasteiger partial charge in [0, 0.05) is 6.42 Å². The minimum absolute atomic E-state index is 0.439. The fraction of sp³-hybridized carbons (Fsp3) is 0.667. The SMILES string of the molecule is C#CCC1(O)C=CC(C(C)C)CC1. The van der Waals surface area contributed by atoms with Gasteiger partial charge in [-0.05, 0) is 24.7 Å². The summed E-state index contributed by atoms with van der Waals surface area (Å²) in [5, 5.41) is 9.94. The fourth-order valence-corrected chi connectivity index (χ4v) is 1.78. The minimum atomic E-state index is -0.722. The quantitative estimate of drug-likeness (QED) is 0.508. The molecule has 0 aromatic rings. The predicted molar refractivity (Wildman–Crippen MR) is 55.1 cm³/mol. The van der Waals surface area contributed by atoms with Crippen LogP contribution in [-0.4, -0.2) is 10.7 Å². The zero-order valence-corrected chi connectivity index (χ0v) is 8.46. The molecule has 0 spiro atoms. The summed E-state index contributed by atoms with van der Waals surface area (Å²) in [6.45, 7) is 4.42. The standard InChI is InChI=1S/C12H18O/c1-4-7-12(13)8-5-11(6-9-12)10(2)3/h1,5,8,10-11,13H,6-7,9H2,2-3H3. The molecule has 1 aliphatic carbocycles. The van der Waals surface area contributed by atoms with Crippen molar-refractivity contribution in [2.45, 2.75) is 38.7 Å². The molecular weight excluding hydrogens is 160 g/mol. The normalized spacial score (nSPS) is 33.3. The minimum Gasteiger partial charge on any atom is -0.385 e. The molecular formula is C12H18O. The Labute approximate surface area is 80.9 Å². The van der Waals surface area contributed by atoms with E-state index >= 15 is 0 Å². The third-order valence-corrected chi connectivity index (χ3v) is 2.83. The number of allylic oxidation sites excluding steroid dienone is 1. The summed E-state index contributed by atoms with van der Waals surface area (Å²) in [7, 11) is 0. The molecule has 1 rings (SSSR count). The van der Waals surface area contributed by atoms with Crippen LogP contribution in [0.1, 0.15) is 33.1 Å². The van der Waals surface area contributed by atoms with Crippen LogP contribution in [-0.2, 0) is 0 Å². The molecule has 13 heavy (non-hydrogen) atoms. The van der Waals surface area contributed by atoms with Gasteiger partial charge >= 0.3 is 0 Å². The number of terminal acetylenes is 1. The third-order valence-electron chi connectivity index (χ3n) is 2.83. The van der Waals surface area contributed by atoms with Gasteiger partial charge in [-0.3, -0.25) is 0 Å². The highest BCUT2D eigenvalue weighted by Gasteiger charge is 2.28. The lowest BCUT2D eigenvalue weighted by Gasteiger charge is -2.31. The molecule has 0 aromatic carbocycles. The van der Waals surface area contributed by atoms with Gasteiger partial charge in [0.1, 0.15) is 0 Å². The van der Waals surface area contributed by atoms with Crippen LogP contribution < -0.4 is 0 Å². The summed E-state index contributed by atoms with van der Waals surface area (Å²) >= 11 is 0.